The summed E-state index contributed by atoms with van der Waals surface area (Å²) in [6, 6.07) is 0. The molecule has 1 saturated carbocycles. The second kappa shape index (κ2) is 4.25. The second-order valence-corrected chi connectivity index (χ2v) is 3.89. The fourth-order valence-electron chi connectivity index (χ4n) is 2.12. The van der Waals surface area contributed by atoms with Gasteiger partial charge in [0, 0.05) is 12.8 Å². The van der Waals surface area contributed by atoms with E-state index >= 15 is 0 Å². The molecule has 1 aliphatic carbocycles. The van der Waals surface area contributed by atoms with Gasteiger partial charge in [0.15, 0.2) is 0 Å². The summed E-state index contributed by atoms with van der Waals surface area (Å²) in [4.78, 5) is 21.2. The maximum Gasteiger partial charge on any atom is 0.217 e. The van der Waals surface area contributed by atoms with Gasteiger partial charge >= 0.3 is 0 Å². The van der Waals surface area contributed by atoms with Crippen molar-refractivity contribution in [3.8, 4) is 0 Å². The van der Waals surface area contributed by atoms with E-state index in [1.807, 2.05) is 0 Å². The van der Waals surface area contributed by atoms with E-state index in [2.05, 4.69) is 0 Å². The molecule has 1 fully saturated rings. The summed E-state index contributed by atoms with van der Waals surface area (Å²) in [5, 5.41) is 0. The predicted octanol–water partition coefficient (Wildman–Crippen LogP) is 0.153. The third-order valence-corrected chi connectivity index (χ3v) is 2.63. The third kappa shape index (κ3) is 3.44. The molecule has 2 unspecified atom stereocenters. The highest BCUT2D eigenvalue weighted by Gasteiger charge is 2.26. The largest absolute Gasteiger partial charge is 0.370 e. The van der Waals surface area contributed by atoms with Gasteiger partial charge in [0.2, 0.25) is 11.8 Å². The SMILES string of the molecule is NC(=O)CC1CCC(CC(N)=O)C1. The van der Waals surface area contributed by atoms with Crippen LogP contribution < -0.4 is 11.5 Å². The molecule has 0 saturated heterocycles. The summed E-state index contributed by atoms with van der Waals surface area (Å²) in [7, 11) is 0. The first-order valence-corrected chi connectivity index (χ1v) is 4.64. The van der Waals surface area contributed by atoms with Gasteiger partial charge in [-0.1, -0.05) is 0 Å². The van der Waals surface area contributed by atoms with E-state index in [1.54, 1.807) is 0 Å². The molecule has 4 N–H and O–H groups in total. The molecule has 0 aromatic carbocycles. The van der Waals surface area contributed by atoms with Crippen molar-refractivity contribution in [2.45, 2.75) is 32.1 Å². The van der Waals surface area contributed by atoms with Crippen LogP contribution >= 0.6 is 0 Å². The summed E-state index contributed by atoms with van der Waals surface area (Å²) >= 11 is 0. The molecule has 0 bridgehead atoms. The van der Waals surface area contributed by atoms with Gasteiger partial charge in [-0.05, 0) is 31.1 Å². The first kappa shape index (κ1) is 10.0. The Morgan fingerprint density at radius 3 is 1.69 bits per heavy atom. The van der Waals surface area contributed by atoms with Crippen molar-refractivity contribution < 1.29 is 9.59 Å². The van der Waals surface area contributed by atoms with Crippen LogP contribution in [0.15, 0.2) is 0 Å². The van der Waals surface area contributed by atoms with Crippen molar-refractivity contribution >= 4 is 11.8 Å². The lowest BCUT2D eigenvalue weighted by Gasteiger charge is -2.07. The quantitative estimate of drug-likeness (QED) is 0.651. The monoisotopic (exact) mass is 184 g/mol. The lowest BCUT2D eigenvalue weighted by atomic mass is 9.99. The number of amides is 2. The van der Waals surface area contributed by atoms with E-state index in [0.717, 1.165) is 19.3 Å². The Hall–Kier alpha value is -1.06. The fourth-order valence-corrected chi connectivity index (χ4v) is 2.12. The predicted molar refractivity (Wildman–Crippen MR) is 48.5 cm³/mol. The van der Waals surface area contributed by atoms with E-state index < -0.39 is 0 Å². The molecule has 1 aliphatic rings. The van der Waals surface area contributed by atoms with E-state index in [0.29, 0.717) is 24.7 Å². The molecule has 4 heteroatoms. The lowest BCUT2D eigenvalue weighted by molar-refractivity contribution is -0.119. The van der Waals surface area contributed by atoms with Crippen LogP contribution in [0, 0.1) is 11.8 Å². The van der Waals surface area contributed by atoms with Crippen LogP contribution in [0.4, 0.5) is 0 Å². The first-order chi connectivity index (χ1) is 6.08. The Morgan fingerprint density at radius 2 is 1.38 bits per heavy atom. The van der Waals surface area contributed by atoms with Crippen molar-refractivity contribution in [3.05, 3.63) is 0 Å². The van der Waals surface area contributed by atoms with Gasteiger partial charge in [-0.2, -0.15) is 0 Å². The highest BCUT2D eigenvalue weighted by atomic mass is 16.1. The molecule has 1 rings (SSSR count). The molecule has 0 spiro atoms. The van der Waals surface area contributed by atoms with Crippen LogP contribution in [-0.4, -0.2) is 11.8 Å². The minimum atomic E-state index is -0.246. The molecule has 13 heavy (non-hydrogen) atoms. The van der Waals surface area contributed by atoms with Crippen molar-refractivity contribution in [3.63, 3.8) is 0 Å². The van der Waals surface area contributed by atoms with Crippen LogP contribution in [0.3, 0.4) is 0 Å². The van der Waals surface area contributed by atoms with Gasteiger partial charge in [0.25, 0.3) is 0 Å². The topological polar surface area (TPSA) is 86.2 Å². The minimum absolute atomic E-state index is 0.246. The molecule has 0 aliphatic heterocycles. The molecule has 2 atom stereocenters. The number of hydrogen-bond donors (Lipinski definition) is 2. The summed E-state index contributed by atoms with van der Waals surface area (Å²) < 4.78 is 0. The molecule has 0 aromatic rings. The summed E-state index contributed by atoms with van der Waals surface area (Å²) in [5.74, 6) is 0.262. The highest BCUT2D eigenvalue weighted by Crippen LogP contribution is 2.34. The Balaban J connectivity index is 2.27. The van der Waals surface area contributed by atoms with Crippen LogP contribution in [0.1, 0.15) is 32.1 Å². The molecule has 0 heterocycles. The second-order valence-electron chi connectivity index (χ2n) is 3.89. The Bertz CT molecular complexity index is 194. The van der Waals surface area contributed by atoms with Gasteiger partial charge in [-0.15, -0.1) is 0 Å². The van der Waals surface area contributed by atoms with Gasteiger partial charge < -0.3 is 11.5 Å². The average molecular weight is 184 g/mol. The molecule has 0 radical (unpaired) electrons. The third-order valence-electron chi connectivity index (χ3n) is 2.63. The van der Waals surface area contributed by atoms with Gasteiger partial charge in [-0.25, -0.2) is 0 Å². The zero-order valence-electron chi connectivity index (χ0n) is 7.66. The van der Waals surface area contributed by atoms with E-state index in [1.165, 1.54) is 0 Å². The van der Waals surface area contributed by atoms with E-state index in [-0.39, 0.29) is 11.8 Å². The Kier molecular flexibility index (Phi) is 3.28. The maximum atomic E-state index is 10.6. The average Bonchev–Trinajstić information content (AvgIpc) is 2.33. The molecule has 0 aromatic heterocycles. The van der Waals surface area contributed by atoms with Crippen molar-refractivity contribution in [1.82, 2.24) is 0 Å². The Labute approximate surface area is 77.7 Å². The normalized spacial score (nSPS) is 27.4. The van der Waals surface area contributed by atoms with Crippen LogP contribution in [-0.2, 0) is 9.59 Å². The minimum Gasteiger partial charge on any atom is -0.370 e. The number of carbonyl (C=O) groups is 2. The number of primary amides is 2. The van der Waals surface area contributed by atoms with E-state index in [9.17, 15) is 9.59 Å². The maximum absolute atomic E-state index is 10.6. The van der Waals surface area contributed by atoms with Crippen LogP contribution in [0.2, 0.25) is 0 Å². The fraction of sp³-hybridized carbons (Fsp3) is 0.778. The van der Waals surface area contributed by atoms with Crippen molar-refractivity contribution in [2.24, 2.45) is 23.3 Å². The summed E-state index contributed by atoms with van der Waals surface area (Å²) in [6.45, 7) is 0. The smallest absolute Gasteiger partial charge is 0.217 e. The zero-order valence-corrected chi connectivity index (χ0v) is 7.66. The number of hydrogen-bond acceptors (Lipinski definition) is 2. The number of rotatable bonds is 4. The standard InChI is InChI=1S/C9H16N2O2/c10-8(12)4-6-1-2-7(3-6)5-9(11)13/h6-7H,1-5H2,(H2,10,12)(H2,11,13). The summed E-state index contributed by atoms with van der Waals surface area (Å²) in [5.41, 5.74) is 10.2. The van der Waals surface area contributed by atoms with Crippen molar-refractivity contribution in [1.29, 1.82) is 0 Å². The van der Waals surface area contributed by atoms with Gasteiger partial charge in [-0.3, -0.25) is 9.59 Å². The van der Waals surface area contributed by atoms with Crippen LogP contribution in [0.25, 0.3) is 0 Å². The molecule has 4 nitrogen and oxygen atoms in total. The lowest BCUT2D eigenvalue weighted by Crippen LogP contribution is -2.16. The molecule has 2 amide bonds. The van der Waals surface area contributed by atoms with E-state index in [4.69, 9.17) is 11.5 Å². The number of nitrogens with two attached hydrogens (primary N) is 2. The molecule has 74 valence electrons. The number of carbonyl (C=O) groups excluding carboxylic acids is 2. The van der Waals surface area contributed by atoms with Gasteiger partial charge in [0.1, 0.15) is 0 Å². The first-order valence-electron chi connectivity index (χ1n) is 4.64. The van der Waals surface area contributed by atoms with Crippen molar-refractivity contribution in [2.75, 3.05) is 0 Å². The highest BCUT2D eigenvalue weighted by molar-refractivity contribution is 5.74. The molecular weight excluding hydrogens is 168 g/mol. The van der Waals surface area contributed by atoms with Crippen LogP contribution in [0.5, 0.6) is 0 Å². The van der Waals surface area contributed by atoms with Gasteiger partial charge in [0.05, 0.1) is 0 Å². The summed E-state index contributed by atoms with van der Waals surface area (Å²) in [6.07, 6.45) is 3.83. The zero-order chi connectivity index (χ0) is 9.84. The Morgan fingerprint density at radius 1 is 1.00 bits per heavy atom. The molecular formula is C9H16N2O2.